The Kier molecular flexibility index (Phi) is 9.02. The van der Waals surface area contributed by atoms with Crippen LogP contribution in [0.1, 0.15) is 46.1 Å². The minimum absolute atomic E-state index is 0.0391. The van der Waals surface area contributed by atoms with Crippen LogP contribution in [0.2, 0.25) is 0 Å². The van der Waals surface area contributed by atoms with Crippen LogP contribution in [0.25, 0.3) is 10.9 Å². The highest BCUT2D eigenvalue weighted by Crippen LogP contribution is 2.28. The Balaban J connectivity index is 1.65. The van der Waals surface area contributed by atoms with Crippen molar-refractivity contribution >= 4 is 28.3 Å². The number of amides is 2. The Bertz CT molecular complexity index is 1140. The molecule has 194 valence electrons. The quantitative estimate of drug-likeness (QED) is 0.369. The molecule has 36 heavy (non-hydrogen) atoms. The maximum Gasteiger partial charge on any atom is 0.318 e. The average Bonchev–Trinajstić information content (AvgIpc) is 2.82. The Morgan fingerprint density at radius 3 is 2.47 bits per heavy atom. The fraction of sp³-hybridized carbons (Fsp3) is 0.448. The first-order valence-electron chi connectivity index (χ1n) is 12.6. The van der Waals surface area contributed by atoms with Gasteiger partial charge in [0.05, 0.1) is 18.3 Å². The molecule has 0 aliphatic rings. The fourth-order valence-electron chi connectivity index (χ4n) is 4.09. The van der Waals surface area contributed by atoms with E-state index in [1.54, 1.807) is 13.3 Å². The van der Waals surface area contributed by atoms with Crippen LogP contribution >= 0.6 is 0 Å². The molecule has 7 nitrogen and oxygen atoms in total. The van der Waals surface area contributed by atoms with Gasteiger partial charge in [0.1, 0.15) is 5.75 Å². The first kappa shape index (κ1) is 27.1. The van der Waals surface area contributed by atoms with Crippen molar-refractivity contribution in [2.75, 3.05) is 38.0 Å². The first-order valence-corrected chi connectivity index (χ1v) is 12.6. The molecular weight excluding hydrogens is 450 g/mol. The number of hydrogen-bond donors (Lipinski definition) is 2. The van der Waals surface area contributed by atoms with Gasteiger partial charge >= 0.3 is 6.03 Å². The Morgan fingerprint density at radius 2 is 1.83 bits per heavy atom. The molecule has 0 aliphatic heterocycles. The van der Waals surface area contributed by atoms with Gasteiger partial charge in [-0.3, -0.25) is 4.98 Å². The molecular formula is C29H41N5O2. The number of urea groups is 1. The van der Waals surface area contributed by atoms with Crippen LogP contribution in [0.15, 0.2) is 54.7 Å². The molecule has 3 rings (SSSR count). The van der Waals surface area contributed by atoms with E-state index in [0.717, 1.165) is 46.4 Å². The van der Waals surface area contributed by atoms with Crippen LogP contribution in [0.4, 0.5) is 16.2 Å². The normalized spacial score (nSPS) is 12.2. The second kappa shape index (κ2) is 12.0. The third-order valence-corrected chi connectivity index (χ3v) is 5.98. The van der Waals surface area contributed by atoms with Crippen LogP contribution < -0.4 is 20.3 Å². The van der Waals surface area contributed by atoms with Crippen LogP contribution in [-0.4, -0.2) is 55.2 Å². The summed E-state index contributed by atoms with van der Waals surface area (Å²) in [6.07, 6.45) is 3.59. The largest absolute Gasteiger partial charge is 0.497 e. The number of pyridine rings is 1. The lowest BCUT2D eigenvalue weighted by molar-refractivity contribution is 0.184. The minimum atomic E-state index is -0.292. The van der Waals surface area contributed by atoms with Crippen molar-refractivity contribution in [3.8, 4) is 5.75 Å². The standard InChI is InChI=1S/C29H41N5O2/c1-21(31-26-19-25(36-7)18-23-11-8-16-30-27(23)26)10-9-17-34(28(35)32-29(2,3)4)20-22-12-14-24(15-13-22)33(5)6/h8,11-16,18-19,21,31H,9-10,17,20H2,1-7H3,(H,32,35). The van der Waals surface area contributed by atoms with E-state index in [1.165, 1.54) is 0 Å². The number of ether oxygens (including phenoxy) is 1. The number of anilines is 2. The summed E-state index contributed by atoms with van der Waals surface area (Å²) >= 11 is 0. The van der Waals surface area contributed by atoms with Gasteiger partial charge in [-0.05, 0) is 70.4 Å². The molecule has 2 amide bonds. The summed E-state index contributed by atoms with van der Waals surface area (Å²) in [6, 6.07) is 16.5. The van der Waals surface area contributed by atoms with Crippen LogP contribution in [-0.2, 0) is 6.54 Å². The van der Waals surface area contributed by atoms with Gasteiger partial charge in [0.15, 0.2) is 0 Å². The predicted molar refractivity (Wildman–Crippen MR) is 150 cm³/mol. The number of benzene rings is 2. The van der Waals surface area contributed by atoms with Gasteiger partial charge in [-0.2, -0.15) is 0 Å². The van der Waals surface area contributed by atoms with Gasteiger partial charge in [-0.15, -0.1) is 0 Å². The molecule has 2 N–H and O–H groups in total. The topological polar surface area (TPSA) is 69.7 Å². The lowest BCUT2D eigenvalue weighted by Gasteiger charge is -2.29. The lowest BCUT2D eigenvalue weighted by atomic mass is 10.1. The molecule has 0 saturated carbocycles. The van der Waals surface area contributed by atoms with E-state index in [2.05, 4.69) is 51.7 Å². The van der Waals surface area contributed by atoms with Gasteiger partial charge in [-0.1, -0.05) is 18.2 Å². The van der Waals surface area contributed by atoms with Crippen molar-refractivity contribution < 1.29 is 9.53 Å². The molecule has 3 aromatic rings. The second-order valence-electron chi connectivity index (χ2n) is 10.6. The van der Waals surface area contributed by atoms with E-state index in [1.807, 2.05) is 64.0 Å². The van der Waals surface area contributed by atoms with Crippen molar-refractivity contribution in [3.05, 3.63) is 60.3 Å². The highest BCUT2D eigenvalue weighted by molar-refractivity contribution is 5.91. The molecule has 2 aromatic carbocycles. The molecule has 1 unspecified atom stereocenters. The Labute approximate surface area is 215 Å². The van der Waals surface area contributed by atoms with Gasteiger partial charge in [0, 0.05) is 62.1 Å². The molecule has 0 spiro atoms. The number of aromatic nitrogens is 1. The molecule has 0 saturated heterocycles. The third kappa shape index (κ3) is 7.77. The molecule has 0 aliphatic carbocycles. The van der Waals surface area contributed by atoms with Crippen LogP contribution in [0, 0.1) is 0 Å². The summed E-state index contributed by atoms with van der Waals surface area (Å²) in [5, 5.41) is 7.76. The molecule has 1 aromatic heterocycles. The highest BCUT2D eigenvalue weighted by Gasteiger charge is 2.20. The summed E-state index contributed by atoms with van der Waals surface area (Å²) in [5.41, 5.74) is 3.85. The zero-order chi connectivity index (χ0) is 26.3. The first-order chi connectivity index (χ1) is 17.1. The average molecular weight is 492 g/mol. The Morgan fingerprint density at radius 1 is 1.11 bits per heavy atom. The number of nitrogens with one attached hydrogen (secondary N) is 2. The number of hydrogen-bond acceptors (Lipinski definition) is 5. The minimum Gasteiger partial charge on any atom is -0.497 e. The zero-order valence-corrected chi connectivity index (χ0v) is 22.8. The lowest BCUT2D eigenvalue weighted by Crippen LogP contribution is -2.48. The number of nitrogens with zero attached hydrogens (tertiary/aromatic N) is 3. The highest BCUT2D eigenvalue weighted by atomic mass is 16.5. The number of carbonyl (C=O) groups is 1. The van der Waals surface area contributed by atoms with E-state index in [-0.39, 0.29) is 17.6 Å². The SMILES string of the molecule is COc1cc(NC(C)CCCN(Cc2ccc(N(C)C)cc2)C(=O)NC(C)(C)C)c2ncccc2c1. The number of rotatable bonds is 10. The van der Waals surface area contributed by atoms with Crippen molar-refractivity contribution in [2.24, 2.45) is 0 Å². The van der Waals surface area contributed by atoms with E-state index >= 15 is 0 Å². The van der Waals surface area contributed by atoms with E-state index < -0.39 is 0 Å². The van der Waals surface area contributed by atoms with Crippen molar-refractivity contribution in [1.82, 2.24) is 15.2 Å². The Hall–Kier alpha value is -3.48. The number of methoxy groups -OCH3 is 1. The fourth-order valence-corrected chi connectivity index (χ4v) is 4.09. The maximum atomic E-state index is 13.1. The van der Waals surface area contributed by atoms with E-state index in [4.69, 9.17) is 4.74 Å². The van der Waals surface area contributed by atoms with Gasteiger partial charge in [0.25, 0.3) is 0 Å². The summed E-state index contributed by atoms with van der Waals surface area (Å²) in [4.78, 5) is 21.6. The molecule has 0 fully saturated rings. The van der Waals surface area contributed by atoms with Crippen LogP contribution in [0.3, 0.4) is 0 Å². The van der Waals surface area contributed by atoms with Crippen molar-refractivity contribution in [2.45, 2.75) is 58.7 Å². The van der Waals surface area contributed by atoms with E-state index in [9.17, 15) is 4.79 Å². The molecule has 1 atom stereocenters. The van der Waals surface area contributed by atoms with Gasteiger partial charge in [-0.25, -0.2) is 4.79 Å². The molecule has 7 heteroatoms. The molecule has 0 bridgehead atoms. The molecule has 1 heterocycles. The second-order valence-corrected chi connectivity index (χ2v) is 10.6. The molecule has 0 radical (unpaired) electrons. The summed E-state index contributed by atoms with van der Waals surface area (Å²) in [6.45, 7) is 9.42. The number of fused-ring (bicyclic) bond motifs is 1. The third-order valence-electron chi connectivity index (χ3n) is 5.98. The smallest absolute Gasteiger partial charge is 0.318 e. The summed E-state index contributed by atoms with van der Waals surface area (Å²) < 4.78 is 5.48. The van der Waals surface area contributed by atoms with Gasteiger partial charge in [0.2, 0.25) is 0 Å². The van der Waals surface area contributed by atoms with E-state index in [0.29, 0.717) is 13.1 Å². The number of carbonyl (C=O) groups excluding carboxylic acids is 1. The maximum absolute atomic E-state index is 13.1. The zero-order valence-electron chi connectivity index (χ0n) is 22.8. The van der Waals surface area contributed by atoms with Crippen molar-refractivity contribution in [1.29, 1.82) is 0 Å². The van der Waals surface area contributed by atoms with Crippen LogP contribution in [0.5, 0.6) is 5.75 Å². The monoisotopic (exact) mass is 491 g/mol. The summed E-state index contributed by atoms with van der Waals surface area (Å²) in [7, 11) is 5.73. The summed E-state index contributed by atoms with van der Waals surface area (Å²) in [5.74, 6) is 0.801. The van der Waals surface area contributed by atoms with Crippen molar-refractivity contribution in [3.63, 3.8) is 0 Å². The van der Waals surface area contributed by atoms with Gasteiger partial charge < -0.3 is 25.2 Å². The predicted octanol–water partition coefficient (Wildman–Crippen LogP) is 5.90.